The molecule has 16 heteroatoms. The highest BCUT2D eigenvalue weighted by Crippen LogP contribution is 2.39. The van der Waals surface area contributed by atoms with Gasteiger partial charge in [-0.1, -0.05) is 36.4 Å². The van der Waals surface area contributed by atoms with Crippen LogP contribution in [0.25, 0.3) is 22.2 Å². The molecule has 3 aromatic heterocycles. The first-order valence-corrected chi connectivity index (χ1v) is 19.2. The minimum Gasteiger partial charge on any atom is -0.361 e. The largest absolute Gasteiger partial charge is 0.437 e. The number of benzene rings is 1. The Morgan fingerprint density at radius 1 is 1.12 bits per heavy atom. The Labute approximate surface area is 277 Å². The maximum atomic E-state index is 14.3. The third kappa shape index (κ3) is 8.15. The molecule has 5 rings (SSSR count). The Morgan fingerprint density at radius 2 is 1.85 bits per heavy atom. The van der Waals surface area contributed by atoms with E-state index >= 15 is 0 Å². The molecule has 1 fully saturated rings. The molecule has 1 saturated heterocycles. The summed E-state index contributed by atoms with van der Waals surface area (Å²) >= 11 is 0. The molecule has 0 aliphatic carbocycles. The average Bonchev–Trinajstić information content (AvgIpc) is 3.57. The highest BCUT2D eigenvalue weighted by Gasteiger charge is 2.36. The third-order valence-corrected chi connectivity index (χ3v) is 11.3. The van der Waals surface area contributed by atoms with E-state index in [1.54, 1.807) is 35.0 Å². The van der Waals surface area contributed by atoms with Crippen molar-refractivity contribution in [3.8, 4) is 11.3 Å². The zero-order valence-electron chi connectivity index (χ0n) is 27.7. The number of hydrogen-bond acceptors (Lipinski definition) is 9. The van der Waals surface area contributed by atoms with Crippen LogP contribution in [0.4, 0.5) is 28.7 Å². The second kappa shape index (κ2) is 14.4. The monoisotopic (exact) mass is 687 g/mol. The van der Waals surface area contributed by atoms with Crippen LogP contribution >= 0.6 is 0 Å². The zero-order valence-corrected chi connectivity index (χ0v) is 28.7. The number of amides is 2. The molecule has 1 aromatic carbocycles. The molecule has 1 N–H and O–H groups in total. The fraction of sp³-hybridized carbons (Fsp3) is 0.469. The van der Waals surface area contributed by atoms with E-state index in [0.717, 1.165) is 53.4 Å². The SMILES string of the molecule is Cc1noc(C)c1C[Si](C)(C)CCOCn1cc(-c2nc(NN(C)C(=O)OC(=O)N3CCCCC3)ncc2C(F)(F)F)c2ccccc21. The highest BCUT2D eigenvalue weighted by atomic mass is 28.3. The lowest BCUT2D eigenvalue weighted by Crippen LogP contribution is -2.41. The number of aryl methyl sites for hydroxylation is 2. The Kier molecular flexibility index (Phi) is 10.4. The molecule has 0 radical (unpaired) electrons. The third-order valence-electron chi connectivity index (χ3n) is 8.46. The fourth-order valence-electron chi connectivity index (χ4n) is 5.70. The van der Waals surface area contributed by atoms with Crippen molar-refractivity contribution in [2.75, 3.05) is 32.2 Å². The summed E-state index contributed by atoms with van der Waals surface area (Å²) < 4.78 is 60.9. The van der Waals surface area contributed by atoms with Gasteiger partial charge in [-0.25, -0.2) is 24.6 Å². The van der Waals surface area contributed by atoms with E-state index in [2.05, 4.69) is 33.6 Å². The summed E-state index contributed by atoms with van der Waals surface area (Å²) in [5.41, 5.74) is 4.02. The van der Waals surface area contributed by atoms with Crippen LogP contribution in [-0.4, -0.2) is 76.6 Å². The molecule has 0 bridgehead atoms. The van der Waals surface area contributed by atoms with Crippen LogP contribution in [0.15, 0.2) is 41.2 Å². The number of carbonyl (C=O) groups is 2. The summed E-state index contributed by atoms with van der Waals surface area (Å²) in [4.78, 5) is 34.4. The van der Waals surface area contributed by atoms with Gasteiger partial charge in [0.15, 0.2) is 0 Å². The first kappa shape index (κ1) is 34.9. The molecule has 0 spiro atoms. The van der Waals surface area contributed by atoms with Crippen molar-refractivity contribution in [3.05, 3.63) is 59.2 Å². The van der Waals surface area contributed by atoms with Gasteiger partial charge < -0.3 is 23.5 Å². The number of nitrogens with one attached hydrogen (secondary N) is 1. The second-order valence-electron chi connectivity index (χ2n) is 12.8. The van der Waals surface area contributed by atoms with E-state index in [1.165, 1.54) is 11.9 Å². The van der Waals surface area contributed by atoms with Crippen LogP contribution in [0.1, 0.15) is 41.8 Å². The molecule has 4 aromatic rings. The highest BCUT2D eigenvalue weighted by molar-refractivity contribution is 6.76. The smallest absolute Gasteiger partial charge is 0.361 e. The molecule has 48 heavy (non-hydrogen) atoms. The van der Waals surface area contributed by atoms with Gasteiger partial charge in [0.1, 0.15) is 18.1 Å². The maximum absolute atomic E-state index is 14.3. The number of anilines is 1. The van der Waals surface area contributed by atoms with Crippen molar-refractivity contribution < 1.29 is 36.8 Å². The summed E-state index contributed by atoms with van der Waals surface area (Å²) in [6.45, 7) is 9.96. The number of carbonyl (C=O) groups excluding carboxylic acids is 2. The Balaban J connectivity index is 1.33. The number of likely N-dealkylation sites (tertiary alicyclic amines) is 1. The molecule has 1 aliphatic heterocycles. The fourth-order valence-corrected chi connectivity index (χ4v) is 8.04. The van der Waals surface area contributed by atoms with E-state index < -0.39 is 32.0 Å². The van der Waals surface area contributed by atoms with Gasteiger partial charge in [0.25, 0.3) is 0 Å². The van der Waals surface area contributed by atoms with E-state index in [9.17, 15) is 22.8 Å². The zero-order chi connectivity index (χ0) is 34.6. The number of hydrazine groups is 1. The minimum absolute atomic E-state index is 0.119. The van der Waals surface area contributed by atoms with Crippen LogP contribution in [0.3, 0.4) is 0 Å². The topological polar surface area (TPSA) is 128 Å². The summed E-state index contributed by atoms with van der Waals surface area (Å²) in [5.74, 6) is 0.539. The molecule has 4 heterocycles. The van der Waals surface area contributed by atoms with Gasteiger partial charge >= 0.3 is 18.4 Å². The predicted molar refractivity (Wildman–Crippen MR) is 175 cm³/mol. The van der Waals surface area contributed by atoms with Crippen LogP contribution in [0, 0.1) is 13.8 Å². The van der Waals surface area contributed by atoms with Crippen LogP contribution < -0.4 is 5.43 Å². The first-order valence-electron chi connectivity index (χ1n) is 15.8. The number of hydrogen-bond donors (Lipinski definition) is 1. The summed E-state index contributed by atoms with van der Waals surface area (Å²) in [5, 5.41) is 5.40. The lowest BCUT2D eigenvalue weighted by Gasteiger charge is -2.26. The van der Waals surface area contributed by atoms with Gasteiger partial charge in [-0.3, -0.25) is 5.43 Å². The van der Waals surface area contributed by atoms with E-state index in [-0.39, 0.29) is 23.9 Å². The number of piperidine rings is 1. The van der Waals surface area contributed by atoms with Crippen molar-refractivity contribution >= 4 is 37.1 Å². The number of alkyl halides is 3. The first-order chi connectivity index (χ1) is 22.7. The molecular weight excluding hydrogens is 647 g/mol. The molecule has 12 nitrogen and oxygen atoms in total. The minimum atomic E-state index is -4.77. The number of halogens is 3. The predicted octanol–water partition coefficient (Wildman–Crippen LogP) is 7.19. The number of rotatable bonds is 10. The van der Waals surface area contributed by atoms with Gasteiger partial charge in [0, 0.05) is 55.7 Å². The number of nitrogens with zero attached hydrogens (tertiary/aromatic N) is 6. The summed E-state index contributed by atoms with van der Waals surface area (Å²) in [7, 11) is -0.468. The summed E-state index contributed by atoms with van der Waals surface area (Å²) in [6, 6.07) is 8.81. The quantitative estimate of drug-likeness (QED) is 0.0798. The normalized spacial score (nSPS) is 14.0. The van der Waals surface area contributed by atoms with Crippen molar-refractivity contribution in [1.82, 2.24) is 29.6 Å². The Hall–Kier alpha value is -4.44. The second-order valence-corrected chi connectivity index (χ2v) is 17.9. The molecule has 0 saturated carbocycles. The molecular formula is C32H40F3N7O5Si. The van der Waals surface area contributed by atoms with E-state index in [1.807, 2.05) is 13.8 Å². The van der Waals surface area contributed by atoms with Gasteiger partial charge in [0.2, 0.25) is 5.95 Å². The lowest BCUT2D eigenvalue weighted by molar-refractivity contribution is -0.137. The van der Waals surface area contributed by atoms with Gasteiger partial charge in [-0.05, 0) is 51.3 Å². The van der Waals surface area contributed by atoms with Crippen LogP contribution in [-0.2, 0) is 28.4 Å². The average molecular weight is 688 g/mol. The maximum Gasteiger partial charge on any atom is 0.437 e. The Bertz CT molecular complexity index is 1750. The van der Waals surface area contributed by atoms with Gasteiger partial charge in [0.05, 0.1) is 25.0 Å². The van der Waals surface area contributed by atoms with Crippen molar-refractivity contribution in [2.45, 2.75) is 71.2 Å². The number of aromatic nitrogens is 4. The van der Waals surface area contributed by atoms with Crippen LogP contribution in [0.5, 0.6) is 0 Å². The number of para-hydroxylation sites is 1. The van der Waals surface area contributed by atoms with Crippen molar-refractivity contribution in [1.29, 1.82) is 0 Å². The lowest BCUT2D eigenvalue weighted by atomic mass is 10.1. The Morgan fingerprint density at radius 3 is 2.54 bits per heavy atom. The van der Waals surface area contributed by atoms with Gasteiger partial charge in [-0.2, -0.15) is 13.2 Å². The van der Waals surface area contributed by atoms with Crippen molar-refractivity contribution in [2.24, 2.45) is 0 Å². The molecule has 2 amide bonds. The van der Waals surface area contributed by atoms with E-state index in [4.69, 9.17) is 14.0 Å². The number of ether oxygens (including phenoxy) is 2. The molecule has 258 valence electrons. The van der Waals surface area contributed by atoms with Crippen LogP contribution in [0.2, 0.25) is 19.1 Å². The molecule has 0 unspecified atom stereocenters. The number of fused-ring (bicyclic) bond motifs is 1. The standard InChI is InChI=1S/C32H40F3N7O5Si/c1-21-25(22(2)47-39-21)19-48(4,5)16-15-45-20-42-18-24(23-11-7-8-12-27(23)42)28-26(32(33,34)35)17-36-29(37-28)38-40(3)30(43)46-31(44)41-13-9-6-10-14-41/h7-8,11-12,17-18H,6,9-10,13-16,19-20H2,1-5H3,(H,36,37,38). The van der Waals surface area contributed by atoms with E-state index in [0.29, 0.717) is 36.8 Å². The summed E-state index contributed by atoms with van der Waals surface area (Å²) in [6.07, 6.45) is -1.76. The molecule has 1 aliphatic rings. The molecule has 0 atom stereocenters. The van der Waals surface area contributed by atoms with Gasteiger partial charge in [-0.15, -0.1) is 0 Å². The van der Waals surface area contributed by atoms with Crippen molar-refractivity contribution in [3.63, 3.8) is 0 Å².